The molecular weight excluding hydrogens is 320 g/mol. The highest BCUT2D eigenvalue weighted by Crippen LogP contribution is 2.34. The molecule has 0 radical (unpaired) electrons. The number of benzene rings is 1. The lowest BCUT2D eigenvalue weighted by Crippen LogP contribution is -2.42. The Hall–Kier alpha value is -1.80. The molecule has 1 aromatic carbocycles. The van der Waals surface area contributed by atoms with Gasteiger partial charge in [0, 0.05) is 20.1 Å². The van der Waals surface area contributed by atoms with Gasteiger partial charge in [0.2, 0.25) is 10.0 Å². The van der Waals surface area contributed by atoms with Crippen molar-refractivity contribution in [1.29, 1.82) is 0 Å². The fraction of sp³-hybridized carbons (Fsp3) is 0.533. The lowest BCUT2D eigenvalue weighted by molar-refractivity contribution is -0.142. The maximum atomic E-state index is 12.8. The Bertz CT molecular complexity index is 719. The van der Waals surface area contributed by atoms with E-state index >= 15 is 0 Å². The van der Waals surface area contributed by atoms with Crippen molar-refractivity contribution < 1.29 is 23.1 Å². The molecule has 1 fully saturated rings. The molecule has 23 heavy (non-hydrogen) atoms. The number of carboxylic acids is 1. The summed E-state index contributed by atoms with van der Waals surface area (Å²) in [4.78, 5) is 13.3. The summed E-state index contributed by atoms with van der Waals surface area (Å²) >= 11 is 0. The van der Waals surface area contributed by atoms with Crippen molar-refractivity contribution in [2.75, 3.05) is 38.2 Å². The van der Waals surface area contributed by atoms with E-state index in [9.17, 15) is 13.2 Å². The first-order valence-electron chi connectivity index (χ1n) is 7.60. The highest BCUT2D eigenvalue weighted by molar-refractivity contribution is 7.89. The van der Waals surface area contributed by atoms with Gasteiger partial charge in [-0.15, -0.1) is 0 Å². The summed E-state index contributed by atoms with van der Waals surface area (Å²) in [5.74, 6) is -0.912. The van der Waals surface area contributed by atoms with E-state index in [0.717, 1.165) is 5.69 Å². The van der Waals surface area contributed by atoms with E-state index in [0.29, 0.717) is 38.3 Å². The highest BCUT2D eigenvalue weighted by atomic mass is 32.2. The van der Waals surface area contributed by atoms with E-state index in [1.807, 2.05) is 11.9 Å². The van der Waals surface area contributed by atoms with Crippen LogP contribution in [0.15, 0.2) is 23.1 Å². The summed E-state index contributed by atoms with van der Waals surface area (Å²) < 4.78 is 32.4. The first kappa shape index (κ1) is 16.1. The highest BCUT2D eigenvalue weighted by Gasteiger charge is 2.33. The maximum Gasteiger partial charge on any atom is 0.307 e. The minimum atomic E-state index is -3.70. The number of aliphatic carboxylic acids is 1. The second-order valence-corrected chi connectivity index (χ2v) is 7.88. The minimum Gasteiger partial charge on any atom is -0.490 e. The molecule has 7 nitrogen and oxygen atoms in total. The largest absolute Gasteiger partial charge is 0.490 e. The van der Waals surface area contributed by atoms with Crippen molar-refractivity contribution >= 4 is 21.7 Å². The minimum absolute atomic E-state index is 0.0289. The number of piperidine rings is 1. The number of hydrogen-bond donors (Lipinski definition) is 1. The van der Waals surface area contributed by atoms with Gasteiger partial charge in [-0.25, -0.2) is 8.42 Å². The van der Waals surface area contributed by atoms with Gasteiger partial charge in [0.15, 0.2) is 0 Å². The van der Waals surface area contributed by atoms with Crippen molar-refractivity contribution in [2.45, 2.75) is 17.7 Å². The number of carboxylic acid groups (broad SMARTS) is 1. The van der Waals surface area contributed by atoms with Crippen molar-refractivity contribution in [2.24, 2.45) is 5.92 Å². The third-order valence-corrected chi connectivity index (χ3v) is 6.26. The van der Waals surface area contributed by atoms with Gasteiger partial charge in [-0.3, -0.25) is 4.79 Å². The predicted octanol–water partition coefficient (Wildman–Crippen LogP) is 1.00. The van der Waals surface area contributed by atoms with E-state index < -0.39 is 21.9 Å². The fourth-order valence-corrected chi connectivity index (χ4v) is 4.55. The van der Waals surface area contributed by atoms with E-state index in [4.69, 9.17) is 9.84 Å². The van der Waals surface area contributed by atoms with Gasteiger partial charge in [-0.1, -0.05) is 0 Å². The number of rotatable bonds is 3. The molecule has 2 aliphatic heterocycles. The zero-order valence-electron chi connectivity index (χ0n) is 12.9. The summed E-state index contributed by atoms with van der Waals surface area (Å²) in [5, 5.41) is 9.14. The van der Waals surface area contributed by atoms with E-state index in [1.54, 1.807) is 12.1 Å². The third-order valence-electron chi connectivity index (χ3n) is 4.40. The van der Waals surface area contributed by atoms with Crippen molar-refractivity contribution in [3.8, 4) is 5.75 Å². The van der Waals surface area contributed by atoms with Crippen LogP contribution in [0.25, 0.3) is 0 Å². The molecule has 1 unspecified atom stereocenters. The van der Waals surface area contributed by atoms with Gasteiger partial charge >= 0.3 is 5.97 Å². The summed E-state index contributed by atoms with van der Waals surface area (Å²) in [6, 6.07) is 4.79. The van der Waals surface area contributed by atoms with Crippen LogP contribution in [0, 0.1) is 5.92 Å². The molecule has 1 aromatic rings. The molecule has 0 aromatic heterocycles. The molecule has 3 rings (SSSR count). The molecule has 1 N–H and O–H groups in total. The Kier molecular flexibility index (Phi) is 4.20. The van der Waals surface area contributed by atoms with Gasteiger partial charge in [0.05, 0.1) is 23.0 Å². The lowest BCUT2D eigenvalue weighted by Gasteiger charge is -2.31. The Labute approximate surface area is 135 Å². The molecule has 126 valence electrons. The number of hydrogen-bond acceptors (Lipinski definition) is 5. The predicted molar refractivity (Wildman–Crippen MR) is 84.3 cm³/mol. The molecule has 2 aliphatic rings. The Morgan fingerprint density at radius 2 is 2.13 bits per heavy atom. The van der Waals surface area contributed by atoms with Crippen molar-refractivity contribution in [1.82, 2.24) is 4.31 Å². The Balaban J connectivity index is 1.90. The van der Waals surface area contributed by atoms with Gasteiger partial charge in [0.25, 0.3) is 0 Å². The van der Waals surface area contributed by atoms with E-state index in [2.05, 4.69) is 0 Å². The molecule has 2 heterocycles. The van der Waals surface area contributed by atoms with E-state index in [-0.39, 0.29) is 11.4 Å². The van der Waals surface area contributed by atoms with Gasteiger partial charge in [-0.05, 0) is 31.0 Å². The van der Waals surface area contributed by atoms with Crippen LogP contribution in [0.2, 0.25) is 0 Å². The number of ether oxygens (including phenoxy) is 1. The van der Waals surface area contributed by atoms with Gasteiger partial charge in [0.1, 0.15) is 12.4 Å². The summed E-state index contributed by atoms with van der Waals surface area (Å²) in [5.41, 5.74) is 0.740. The number of sulfonamides is 1. The average Bonchev–Trinajstić information content (AvgIpc) is 2.55. The molecule has 1 saturated heterocycles. The average molecular weight is 340 g/mol. The quantitative estimate of drug-likeness (QED) is 0.883. The van der Waals surface area contributed by atoms with Crippen LogP contribution in [0.3, 0.4) is 0 Å². The van der Waals surface area contributed by atoms with Crippen LogP contribution in [-0.2, 0) is 14.8 Å². The lowest BCUT2D eigenvalue weighted by atomic mass is 10.0. The standard InChI is InChI=1S/C15H20N2O5S/c1-16-7-8-22-14-5-4-12(9-13(14)16)23(20,21)17-6-2-3-11(10-17)15(18)19/h4-5,9,11H,2-3,6-8,10H2,1H3,(H,18,19). The van der Waals surface area contributed by atoms with Crippen molar-refractivity contribution in [3.05, 3.63) is 18.2 Å². The molecule has 0 saturated carbocycles. The summed E-state index contributed by atoms with van der Waals surface area (Å²) in [7, 11) is -1.81. The number of anilines is 1. The molecule has 1 atom stereocenters. The van der Waals surface area contributed by atoms with Crippen molar-refractivity contribution in [3.63, 3.8) is 0 Å². The van der Waals surface area contributed by atoms with Crippen LogP contribution < -0.4 is 9.64 Å². The normalized spacial score (nSPS) is 22.3. The molecule has 8 heteroatoms. The first-order valence-corrected chi connectivity index (χ1v) is 9.04. The Morgan fingerprint density at radius 1 is 1.35 bits per heavy atom. The van der Waals surface area contributed by atoms with Crippen LogP contribution >= 0.6 is 0 Å². The topological polar surface area (TPSA) is 87.2 Å². The summed E-state index contributed by atoms with van der Waals surface area (Å²) in [6.07, 6.45) is 1.08. The molecule has 0 amide bonds. The molecule has 0 spiro atoms. The maximum absolute atomic E-state index is 12.8. The SMILES string of the molecule is CN1CCOc2ccc(S(=O)(=O)N3CCCC(C(=O)O)C3)cc21. The fourth-order valence-electron chi connectivity index (χ4n) is 3.00. The number of likely N-dealkylation sites (N-methyl/N-ethyl adjacent to an activating group) is 1. The van der Waals surface area contributed by atoms with Gasteiger partial charge in [-0.2, -0.15) is 4.31 Å². The number of fused-ring (bicyclic) bond motifs is 1. The zero-order chi connectivity index (χ0) is 16.6. The number of nitrogens with zero attached hydrogens (tertiary/aromatic N) is 2. The molecule has 0 aliphatic carbocycles. The van der Waals surface area contributed by atoms with E-state index in [1.165, 1.54) is 10.4 Å². The van der Waals surface area contributed by atoms with Crippen LogP contribution in [0.1, 0.15) is 12.8 Å². The Morgan fingerprint density at radius 3 is 2.87 bits per heavy atom. The zero-order valence-corrected chi connectivity index (χ0v) is 13.8. The monoisotopic (exact) mass is 340 g/mol. The molecular formula is C15H20N2O5S. The van der Waals surface area contributed by atoms with Crippen LogP contribution in [0.4, 0.5) is 5.69 Å². The first-order chi connectivity index (χ1) is 10.9. The smallest absolute Gasteiger partial charge is 0.307 e. The van der Waals surface area contributed by atoms with Crippen LogP contribution in [0.5, 0.6) is 5.75 Å². The second-order valence-electron chi connectivity index (χ2n) is 5.94. The summed E-state index contributed by atoms with van der Waals surface area (Å²) in [6.45, 7) is 1.65. The second kappa shape index (κ2) is 6.01. The molecule has 0 bridgehead atoms. The van der Waals surface area contributed by atoms with Crippen LogP contribution in [-0.4, -0.2) is 57.1 Å². The third kappa shape index (κ3) is 3.00. The number of carbonyl (C=O) groups is 1. The van der Waals surface area contributed by atoms with Gasteiger partial charge < -0.3 is 14.7 Å².